The summed E-state index contributed by atoms with van der Waals surface area (Å²) in [6.07, 6.45) is 3.27. The number of aryl methyl sites for hydroxylation is 1. The number of likely N-dealkylation sites (tertiary alicyclic amines) is 1. The van der Waals surface area contributed by atoms with Crippen LogP contribution in [-0.2, 0) is 19.6 Å². The Bertz CT molecular complexity index is 757. The molecule has 3 rings (SSSR count). The summed E-state index contributed by atoms with van der Waals surface area (Å²) in [6, 6.07) is 8.96. The van der Waals surface area contributed by atoms with Crippen molar-refractivity contribution in [2.75, 3.05) is 20.1 Å². The van der Waals surface area contributed by atoms with Crippen LogP contribution in [0.15, 0.2) is 35.5 Å². The molecule has 2 heterocycles. The third kappa shape index (κ3) is 6.31. The molecular weight excluding hydrogens is 366 g/mol. The smallest absolute Gasteiger partial charge is 0.191 e. The molecule has 1 aliphatic rings. The molecule has 6 heteroatoms. The van der Waals surface area contributed by atoms with Crippen LogP contribution < -0.4 is 10.6 Å². The van der Waals surface area contributed by atoms with E-state index in [1.165, 1.54) is 35.5 Å². The minimum atomic E-state index is 0.698. The summed E-state index contributed by atoms with van der Waals surface area (Å²) in [5, 5.41) is 7.78. The van der Waals surface area contributed by atoms with E-state index in [1.807, 2.05) is 6.20 Å². The second-order valence-corrected chi connectivity index (χ2v) is 9.42. The first kappa shape index (κ1) is 20.8. The lowest BCUT2D eigenvalue weighted by atomic mass is 9.91. The fourth-order valence-electron chi connectivity index (χ4n) is 3.99. The third-order valence-electron chi connectivity index (χ3n) is 5.13. The Morgan fingerprint density at radius 2 is 1.75 bits per heavy atom. The van der Waals surface area contributed by atoms with Gasteiger partial charge in [-0.05, 0) is 36.3 Å². The summed E-state index contributed by atoms with van der Waals surface area (Å²) in [5.74, 6) is 2.41. The second-order valence-electron chi connectivity index (χ2n) is 8.10. The SMILES string of the molecule is CN=C(NCc1ccc(CN2CC(C)CC(C)C2)cc1)NCc1ncc(C)s1. The number of hydrogen-bond acceptors (Lipinski definition) is 4. The van der Waals surface area contributed by atoms with Gasteiger partial charge in [0.2, 0.25) is 0 Å². The zero-order valence-corrected chi connectivity index (χ0v) is 18.4. The van der Waals surface area contributed by atoms with E-state index in [1.54, 1.807) is 18.4 Å². The van der Waals surface area contributed by atoms with Crippen LogP contribution in [0.1, 0.15) is 41.3 Å². The number of nitrogens with one attached hydrogen (secondary N) is 2. The van der Waals surface area contributed by atoms with Crippen molar-refractivity contribution in [2.24, 2.45) is 16.8 Å². The van der Waals surface area contributed by atoms with Gasteiger partial charge in [0.05, 0.1) is 6.54 Å². The molecule has 1 saturated heterocycles. The van der Waals surface area contributed by atoms with Gasteiger partial charge in [-0.1, -0.05) is 38.1 Å². The predicted octanol–water partition coefficient (Wildman–Crippen LogP) is 3.79. The van der Waals surface area contributed by atoms with Crippen LogP contribution in [0.25, 0.3) is 0 Å². The molecule has 0 saturated carbocycles. The van der Waals surface area contributed by atoms with Gasteiger partial charge in [-0.3, -0.25) is 9.89 Å². The number of piperidine rings is 1. The van der Waals surface area contributed by atoms with Gasteiger partial charge < -0.3 is 10.6 Å². The molecule has 0 bridgehead atoms. The molecule has 1 aromatic heterocycles. The van der Waals surface area contributed by atoms with Gasteiger partial charge in [-0.15, -0.1) is 11.3 Å². The van der Waals surface area contributed by atoms with Gasteiger partial charge in [0.1, 0.15) is 5.01 Å². The molecular formula is C22H33N5S. The number of rotatable bonds is 6. The van der Waals surface area contributed by atoms with E-state index in [0.717, 1.165) is 35.9 Å². The monoisotopic (exact) mass is 399 g/mol. The average Bonchev–Trinajstić information content (AvgIpc) is 3.07. The molecule has 0 aliphatic carbocycles. The van der Waals surface area contributed by atoms with Gasteiger partial charge >= 0.3 is 0 Å². The van der Waals surface area contributed by atoms with Gasteiger partial charge in [-0.25, -0.2) is 4.98 Å². The molecule has 0 radical (unpaired) electrons. The fourth-order valence-corrected chi connectivity index (χ4v) is 4.72. The van der Waals surface area contributed by atoms with Crippen LogP contribution in [0.4, 0.5) is 0 Å². The molecule has 1 aliphatic heterocycles. The number of guanidine groups is 1. The Hall–Kier alpha value is -1.92. The van der Waals surface area contributed by atoms with E-state index in [2.05, 4.69) is 70.5 Å². The summed E-state index contributed by atoms with van der Waals surface area (Å²) >= 11 is 1.71. The summed E-state index contributed by atoms with van der Waals surface area (Å²) in [6.45, 7) is 11.8. The van der Waals surface area contributed by atoms with E-state index < -0.39 is 0 Å². The maximum absolute atomic E-state index is 4.38. The Kier molecular flexibility index (Phi) is 7.45. The topological polar surface area (TPSA) is 52.6 Å². The molecule has 0 amide bonds. The fraction of sp³-hybridized carbons (Fsp3) is 0.545. The average molecular weight is 400 g/mol. The van der Waals surface area contributed by atoms with Crippen molar-refractivity contribution >= 4 is 17.3 Å². The number of nitrogens with zero attached hydrogens (tertiary/aromatic N) is 3. The third-order valence-corrected chi connectivity index (χ3v) is 6.05. The predicted molar refractivity (Wildman–Crippen MR) is 119 cm³/mol. The lowest BCUT2D eigenvalue weighted by molar-refractivity contribution is 0.134. The van der Waals surface area contributed by atoms with E-state index in [9.17, 15) is 0 Å². The molecule has 1 fully saturated rings. The highest BCUT2D eigenvalue weighted by Crippen LogP contribution is 2.22. The van der Waals surface area contributed by atoms with E-state index in [0.29, 0.717) is 6.54 Å². The second kappa shape index (κ2) is 10.0. The van der Waals surface area contributed by atoms with Gasteiger partial charge in [0.15, 0.2) is 5.96 Å². The number of thiazole rings is 1. The van der Waals surface area contributed by atoms with E-state index in [4.69, 9.17) is 0 Å². The normalized spacial score (nSPS) is 20.9. The summed E-state index contributed by atoms with van der Waals surface area (Å²) in [4.78, 5) is 12.5. The molecule has 0 spiro atoms. The van der Waals surface area contributed by atoms with Crippen molar-refractivity contribution in [3.63, 3.8) is 0 Å². The van der Waals surface area contributed by atoms with Crippen LogP contribution >= 0.6 is 11.3 Å². The number of aliphatic imine (C=N–C) groups is 1. The standard InChI is InChI=1S/C22H33N5S/c1-16-9-17(2)14-27(13-16)15-20-7-5-19(6-8-20)11-25-22(23-4)26-12-21-24-10-18(3)28-21/h5-8,10,16-17H,9,11-15H2,1-4H3,(H2,23,25,26). The first-order valence-corrected chi connectivity index (χ1v) is 11.0. The van der Waals surface area contributed by atoms with Crippen LogP contribution in [-0.4, -0.2) is 36.0 Å². The van der Waals surface area contributed by atoms with E-state index >= 15 is 0 Å². The molecule has 2 aromatic rings. The van der Waals surface area contributed by atoms with Crippen LogP contribution in [0.3, 0.4) is 0 Å². The summed E-state index contributed by atoms with van der Waals surface area (Å²) in [5.41, 5.74) is 2.66. The van der Waals surface area contributed by atoms with Gasteiger partial charge in [-0.2, -0.15) is 0 Å². The minimum Gasteiger partial charge on any atom is -0.352 e. The summed E-state index contributed by atoms with van der Waals surface area (Å²) in [7, 11) is 1.80. The molecule has 2 unspecified atom stereocenters. The summed E-state index contributed by atoms with van der Waals surface area (Å²) < 4.78 is 0. The van der Waals surface area contributed by atoms with Crippen LogP contribution in [0.5, 0.6) is 0 Å². The molecule has 152 valence electrons. The van der Waals surface area contributed by atoms with Crippen LogP contribution in [0, 0.1) is 18.8 Å². The quantitative estimate of drug-likeness (QED) is 0.573. The first-order valence-electron chi connectivity index (χ1n) is 10.2. The molecule has 28 heavy (non-hydrogen) atoms. The highest BCUT2D eigenvalue weighted by atomic mass is 32.1. The van der Waals surface area contributed by atoms with Gasteiger partial charge in [0, 0.05) is 44.3 Å². The van der Waals surface area contributed by atoms with Crippen molar-refractivity contribution in [1.82, 2.24) is 20.5 Å². The Morgan fingerprint density at radius 1 is 1.11 bits per heavy atom. The van der Waals surface area contributed by atoms with Crippen molar-refractivity contribution < 1.29 is 0 Å². The molecule has 2 N–H and O–H groups in total. The Morgan fingerprint density at radius 3 is 2.36 bits per heavy atom. The highest BCUT2D eigenvalue weighted by molar-refractivity contribution is 7.11. The van der Waals surface area contributed by atoms with Crippen LogP contribution in [0.2, 0.25) is 0 Å². The first-order chi connectivity index (χ1) is 13.5. The lowest BCUT2D eigenvalue weighted by Crippen LogP contribution is -2.38. The Labute approximate surface area is 173 Å². The zero-order chi connectivity index (χ0) is 19.9. The minimum absolute atomic E-state index is 0.698. The molecule has 2 atom stereocenters. The van der Waals surface area contributed by atoms with E-state index in [-0.39, 0.29) is 0 Å². The highest BCUT2D eigenvalue weighted by Gasteiger charge is 2.21. The lowest BCUT2D eigenvalue weighted by Gasteiger charge is -2.35. The number of benzene rings is 1. The van der Waals surface area contributed by atoms with Crippen molar-refractivity contribution in [3.05, 3.63) is 51.5 Å². The number of aromatic nitrogens is 1. The number of hydrogen-bond donors (Lipinski definition) is 2. The zero-order valence-electron chi connectivity index (χ0n) is 17.5. The maximum Gasteiger partial charge on any atom is 0.191 e. The van der Waals surface area contributed by atoms with Crippen molar-refractivity contribution in [3.8, 4) is 0 Å². The van der Waals surface area contributed by atoms with Crippen molar-refractivity contribution in [2.45, 2.75) is 46.8 Å². The maximum atomic E-state index is 4.38. The molecule has 5 nitrogen and oxygen atoms in total. The van der Waals surface area contributed by atoms with Crippen molar-refractivity contribution in [1.29, 1.82) is 0 Å². The van der Waals surface area contributed by atoms with Gasteiger partial charge in [0.25, 0.3) is 0 Å². The largest absolute Gasteiger partial charge is 0.352 e. The molecule has 1 aromatic carbocycles. The Balaban J connectivity index is 1.45.